The lowest BCUT2D eigenvalue weighted by Gasteiger charge is -2.23. The van der Waals surface area contributed by atoms with Gasteiger partial charge in [-0.25, -0.2) is 12.8 Å². The third kappa shape index (κ3) is 4.48. The smallest absolute Gasteiger partial charge is 0.327 e. The van der Waals surface area contributed by atoms with Gasteiger partial charge in [0.15, 0.2) is 0 Å². The van der Waals surface area contributed by atoms with Gasteiger partial charge in [0.25, 0.3) is 0 Å². The van der Waals surface area contributed by atoms with Gasteiger partial charge in [0.2, 0.25) is 10.0 Å². The zero-order chi connectivity index (χ0) is 15.3. The maximum Gasteiger partial charge on any atom is 0.327 e. The number of carbonyl (C=O) groups is 1. The summed E-state index contributed by atoms with van der Waals surface area (Å²) in [5, 5.41) is 0. The number of carbonyl (C=O) groups excluding carboxylic acids is 1. The first kappa shape index (κ1) is 16.4. The van der Waals surface area contributed by atoms with E-state index in [1.54, 1.807) is 13.8 Å². The molecular formula is C13H18FNO4S. The monoisotopic (exact) mass is 303 g/mol. The molecular weight excluding hydrogens is 285 g/mol. The molecule has 0 heterocycles. The van der Waals surface area contributed by atoms with E-state index in [0.717, 1.165) is 16.4 Å². The molecule has 0 atom stereocenters. The lowest BCUT2D eigenvalue weighted by molar-refractivity contribution is -0.145. The molecule has 0 radical (unpaired) electrons. The molecule has 20 heavy (non-hydrogen) atoms. The summed E-state index contributed by atoms with van der Waals surface area (Å²) in [6, 6.07) is 4.90. The van der Waals surface area contributed by atoms with Gasteiger partial charge >= 0.3 is 5.97 Å². The number of anilines is 1. The van der Waals surface area contributed by atoms with E-state index in [2.05, 4.69) is 0 Å². The van der Waals surface area contributed by atoms with Crippen LogP contribution in [-0.2, 0) is 19.6 Å². The Hall–Kier alpha value is -1.63. The lowest BCUT2D eigenvalue weighted by atomic mass is 10.3. The van der Waals surface area contributed by atoms with Crippen LogP contribution in [0.15, 0.2) is 24.3 Å². The minimum Gasteiger partial charge on any atom is -0.462 e. The van der Waals surface area contributed by atoms with Crippen LogP contribution in [0, 0.1) is 5.82 Å². The Morgan fingerprint density at radius 1 is 1.30 bits per heavy atom. The summed E-state index contributed by atoms with van der Waals surface area (Å²) in [6.07, 6.45) is -0.332. The van der Waals surface area contributed by atoms with E-state index >= 15 is 0 Å². The van der Waals surface area contributed by atoms with Crippen molar-refractivity contribution in [2.24, 2.45) is 0 Å². The van der Waals surface area contributed by atoms with E-state index in [1.165, 1.54) is 19.1 Å². The average molecular weight is 303 g/mol. The summed E-state index contributed by atoms with van der Waals surface area (Å²) in [5.41, 5.74) is 0.231. The normalized spacial score (nSPS) is 11.4. The average Bonchev–Trinajstić information content (AvgIpc) is 2.36. The second-order valence-electron chi connectivity index (χ2n) is 4.42. The molecule has 0 saturated heterocycles. The fourth-order valence-corrected chi connectivity index (χ4v) is 2.59. The molecule has 0 N–H and O–H groups in total. The van der Waals surface area contributed by atoms with E-state index in [1.807, 2.05) is 0 Å². The SMILES string of the molecule is CCS(=O)(=O)N(CC(=O)OC(C)C)c1ccc(F)cc1. The van der Waals surface area contributed by atoms with Gasteiger partial charge in [0, 0.05) is 0 Å². The maximum absolute atomic E-state index is 12.9. The van der Waals surface area contributed by atoms with E-state index in [0.29, 0.717) is 0 Å². The largest absolute Gasteiger partial charge is 0.462 e. The summed E-state index contributed by atoms with van der Waals surface area (Å²) < 4.78 is 42.8. The van der Waals surface area contributed by atoms with Crippen molar-refractivity contribution in [2.75, 3.05) is 16.6 Å². The molecule has 0 bridgehead atoms. The summed E-state index contributed by atoms with van der Waals surface area (Å²) in [5.74, 6) is -1.30. The van der Waals surface area contributed by atoms with Gasteiger partial charge in [0.05, 0.1) is 17.5 Å². The zero-order valence-corrected chi connectivity index (χ0v) is 12.5. The van der Waals surface area contributed by atoms with Gasteiger partial charge in [-0.15, -0.1) is 0 Å². The number of hydrogen-bond acceptors (Lipinski definition) is 4. The highest BCUT2D eigenvalue weighted by Crippen LogP contribution is 2.19. The molecule has 1 rings (SSSR count). The highest BCUT2D eigenvalue weighted by molar-refractivity contribution is 7.92. The molecule has 0 amide bonds. The van der Waals surface area contributed by atoms with Crippen molar-refractivity contribution >= 4 is 21.7 Å². The van der Waals surface area contributed by atoms with E-state index in [9.17, 15) is 17.6 Å². The Labute approximate surface area is 118 Å². The first-order valence-electron chi connectivity index (χ1n) is 6.21. The Kier molecular flexibility index (Phi) is 5.50. The third-order valence-corrected chi connectivity index (χ3v) is 4.20. The third-order valence-electron chi connectivity index (χ3n) is 2.46. The van der Waals surface area contributed by atoms with E-state index in [-0.39, 0.29) is 17.5 Å². The van der Waals surface area contributed by atoms with E-state index < -0.39 is 28.4 Å². The van der Waals surface area contributed by atoms with Crippen molar-refractivity contribution in [1.82, 2.24) is 0 Å². The molecule has 0 fully saturated rings. The highest BCUT2D eigenvalue weighted by Gasteiger charge is 2.24. The molecule has 0 aliphatic rings. The number of hydrogen-bond donors (Lipinski definition) is 0. The summed E-state index contributed by atoms with van der Waals surface area (Å²) in [7, 11) is -3.65. The fourth-order valence-electron chi connectivity index (χ4n) is 1.53. The standard InChI is InChI=1S/C13H18FNO4S/c1-4-20(17,18)15(9-13(16)19-10(2)3)12-7-5-11(14)6-8-12/h5-8,10H,4,9H2,1-3H3. The molecule has 1 aromatic rings. The Morgan fingerprint density at radius 3 is 2.30 bits per heavy atom. The number of rotatable bonds is 6. The van der Waals surface area contributed by atoms with Crippen molar-refractivity contribution in [3.63, 3.8) is 0 Å². The lowest BCUT2D eigenvalue weighted by Crippen LogP contribution is -2.38. The van der Waals surface area contributed by atoms with Gasteiger partial charge in [0.1, 0.15) is 12.4 Å². The molecule has 0 saturated carbocycles. The number of ether oxygens (including phenoxy) is 1. The second-order valence-corrected chi connectivity index (χ2v) is 6.60. The first-order valence-corrected chi connectivity index (χ1v) is 7.82. The number of nitrogens with zero attached hydrogens (tertiary/aromatic N) is 1. The van der Waals surface area contributed by atoms with Crippen LogP contribution in [0.4, 0.5) is 10.1 Å². The zero-order valence-electron chi connectivity index (χ0n) is 11.7. The first-order chi connectivity index (χ1) is 9.26. The van der Waals surface area contributed by atoms with Crippen LogP contribution in [0.3, 0.4) is 0 Å². The quantitative estimate of drug-likeness (QED) is 0.753. The van der Waals surface area contributed by atoms with Crippen LogP contribution >= 0.6 is 0 Å². The van der Waals surface area contributed by atoms with Crippen molar-refractivity contribution in [3.05, 3.63) is 30.1 Å². The van der Waals surface area contributed by atoms with Crippen LogP contribution in [0.5, 0.6) is 0 Å². The van der Waals surface area contributed by atoms with Crippen LogP contribution in [0.2, 0.25) is 0 Å². The molecule has 1 aromatic carbocycles. The summed E-state index contributed by atoms with van der Waals surface area (Å²) in [6.45, 7) is 4.39. The van der Waals surface area contributed by atoms with Gasteiger partial charge in [-0.1, -0.05) is 0 Å². The minimum absolute atomic E-state index is 0.167. The Morgan fingerprint density at radius 2 is 1.85 bits per heavy atom. The Bertz CT molecular complexity index is 554. The van der Waals surface area contributed by atoms with E-state index in [4.69, 9.17) is 4.74 Å². The molecule has 7 heteroatoms. The molecule has 0 aromatic heterocycles. The minimum atomic E-state index is -3.65. The van der Waals surface area contributed by atoms with Crippen LogP contribution in [0.1, 0.15) is 20.8 Å². The molecule has 0 aliphatic carbocycles. The molecule has 5 nitrogen and oxygen atoms in total. The number of benzene rings is 1. The van der Waals surface area contributed by atoms with Crippen LogP contribution in [0.25, 0.3) is 0 Å². The van der Waals surface area contributed by atoms with Crippen LogP contribution in [-0.4, -0.2) is 32.8 Å². The highest BCUT2D eigenvalue weighted by atomic mass is 32.2. The van der Waals surface area contributed by atoms with Crippen molar-refractivity contribution in [2.45, 2.75) is 26.9 Å². The molecule has 0 aliphatic heterocycles. The number of halogens is 1. The summed E-state index contributed by atoms with van der Waals surface area (Å²) in [4.78, 5) is 11.7. The van der Waals surface area contributed by atoms with Crippen molar-refractivity contribution < 1.29 is 22.3 Å². The maximum atomic E-state index is 12.9. The van der Waals surface area contributed by atoms with Crippen LogP contribution < -0.4 is 4.31 Å². The van der Waals surface area contributed by atoms with Crippen molar-refractivity contribution in [1.29, 1.82) is 0 Å². The molecule has 0 spiro atoms. The van der Waals surface area contributed by atoms with Crippen molar-refractivity contribution in [3.8, 4) is 0 Å². The second kappa shape index (κ2) is 6.69. The number of sulfonamides is 1. The van der Waals surface area contributed by atoms with Gasteiger partial charge in [-0.3, -0.25) is 9.10 Å². The predicted octanol–water partition coefficient (Wildman–Crippen LogP) is 1.93. The Balaban J connectivity index is 3.04. The van der Waals surface area contributed by atoms with Gasteiger partial charge in [-0.05, 0) is 45.0 Å². The number of esters is 1. The van der Waals surface area contributed by atoms with Gasteiger partial charge < -0.3 is 4.74 Å². The topological polar surface area (TPSA) is 63.7 Å². The van der Waals surface area contributed by atoms with Gasteiger partial charge in [-0.2, -0.15) is 0 Å². The summed E-state index contributed by atoms with van der Waals surface area (Å²) >= 11 is 0. The predicted molar refractivity (Wildman–Crippen MR) is 74.4 cm³/mol. The fraction of sp³-hybridized carbons (Fsp3) is 0.462. The molecule has 112 valence electrons. The molecule has 0 unspecified atom stereocenters.